The van der Waals surface area contributed by atoms with Crippen molar-refractivity contribution in [2.75, 3.05) is 13.7 Å². The third-order valence-corrected chi connectivity index (χ3v) is 4.93. The Balaban J connectivity index is 1.58. The molecule has 2 heterocycles. The minimum atomic E-state index is -4.41. The van der Waals surface area contributed by atoms with Crippen LogP contribution in [0, 0.1) is 0 Å². The van der Waals surface area contributed by atoms with Crippen LogP contribution in [-0.2, 0) is 19.1 Å². The second-order valence-corrected chi connectivity index (χ2v) is 6.55. The summed E-state index contributed by atoms with van der Waals surface area (Å²) in [7, 11) is 1.62. The number of aromatic nitrogens is 1. The third kappa shape index (κ3) is 3.13. The molecule has 7 heteroatoms. The first-order chi connectivity index (χ1) is 12.9. The van der Waals surface area contributed by atoms with Gasteiger partial charge in [0.05, 0.1) is 19.2 Å². The van der Waals surface area contributed by atoms with Crippen molar-refractivity contribution in [1.29, 1.82) is 0 Å². The van der Waals surface area contributed by atoms with Crippen LogP contribution >= 0.6 is 0 Å². The van der Waals surface area contributed by atoms with E-state index < -0.39 is 11.7 Å². The second-order valence-electron chi connectivity index (χ2n) is 6.55. The minimum Gasteiger partial charge on any atom is -0.497 e. The van der Waals surface area contributed by atoms with Crippen molar-refractivity contribution in [3.05, 3.63) is 64.8 Å². The molecular weight excluding hydrogens is 357 g/mol. The lowest BCUT2D eigenvalue weighted by molar-refractivity contribution is -0.137. The maximum atomic E-state index is 12.7. The van der Waals surface area contributed by atoms with E-state index in [0.717, 1.165) is 40.0 Å². The minimum absolute atomic E-state index is 0.254. The second kappa shape index (κ2) is 6.33. The van der Waals surface area contributed by atoms with Gasteiger partial charge in [0, 0.05) is 28.7 Å². The Morgan fingerprint density at radius 2 is 1.89 bits per heavy atom. The first kappa shape index (κ1) is 17.5. The topological polar surface area (TPSA) is 45.3 Å². The van der Waals surface area contributed by atoms with Crippen LogP contribution in [0.4, 0.5) is 13.2 Å². The average molecular weight is 374 g/mol. The van der Waals surface area contributed by atoms with Crippen LogP contribution in [0.5, 0.6) is 5.75 Å². The maximum absolute atomic E-state index is 12.7. The zero-order valence-electron chi connectivity index (χ0n) is 14.6. The lowest BCUT2D eigenvalue weighted by atomic mass is 10.0. The molecule has 0 unspecified atom stereocenters. The summed E-state index contributed by atoms with van der Waals surface area (Å²) in [6, 6.07) is 10.1. The number of aromatic amines is 1. The van der Waals surface area contributed by atoms with E-state index in [2.05, 4.69) is 4.98 Å². The predicted octanol–water partition coefficient (Wildman–Crippen LogP) is 4.39. The molecule has 27 heavy (non-hydrogen) atoms. The fourth-order valence-corrected chi connectivity index (χ4v) is 3.50. The van der Waals surface area contributed by atoms with Gasteiger partial charge >= 0.3 is 6.18 Å². The first-order valence-corrected chi connectivity index (χ1v) is 8.51. The number of amides is 1. The highest BCUT2D eigenvalue weighted by Gasteiger charge is 2.31. The Labute approximate surface area is 153 Å². The van der Waals surface area contributed by atoms with Gasteiger partial charge in [0.2, 0.25) is 0 Å². The van der Waals surface area contributed by atoms with Crippen LogP contribution < -0.4 is 4.74 Å². The highest BCUT2D eigenvalue weighted by atomic mass is 19.4. The Bertz CT molecular complexity index is 1010. The summed E-state index contributed by atoms with van der Waals surface area (Å²) in [4.78, 5) is 17.7. The van der Waals surface area contributed by atoms with Crippen molar-refractivity contribution in [3.63, 3.8) is 0 Å². The van der Waals surface area contributed by atoms with Crippen LogP contribution in [0.25, 0.3) is 10.9 Å². The number of carbonyl (C=O) groups excluding carboxylic acids is 1. The lowest BCUT2D eigenvalue weighted by Crippen LogP contribution is -2.35. The van der Waals surface area contributed by atoms with Gasteiger partial charge in [-0.2, -0.15) is 13.2 Å². The van der Waals surface area contributed by atoms with Crippen molar-refractivity contribution in [2.24, 2.45) is 0 Å². The molecule has 4 rings (SSSR count). The van der Waals surface area contributed by atoms with Gasteiger partial charge in [-0.05, 0) is 54.4 Å². The molecule has 0 spiro atoms. The van der Waals surface area contributed by atoms with Gasteiger partial charge in [0.25, 0.3) is 5.91 Å². The number of halogens is 3. The summed E-state index contributed by atoms with van der Waals surface area (Å²) in [5, 5.41) is 1.07. The van der Waals surface area contributed by atoms with E-state index >= 15 is 0 Å². The number of hydrogen-bond acceptors (Lipinski definition) is 2. The Kier molecular flexibility index (Phi) is 4.09. The Hall–Kier alpha value is -2.96. The molecule has 0 fully saturated rings. The fraction of sp³-hybridized carbons (Fsp3) is 0.250. The first-order valence-electron chi connectivity index (χ1n) is 8.51. The molecule has 140 valence electrons. The largest absolute Gasteiger partial charge is 0.497 e. The molecule has 1 amide bonds. The van der Waals surface area contributed by atoms with Gasteiger partial charge in [0.1, 0.15) is 5.75 Å². The van der Waals surface area contributed by atoms with Crippen molar-refractivity contribution >= 4 is 16.8 Å². The SMILES string of the molecule is COc1ccc2[nH]c3c(c2c1)CCN(C(=O)c1ccc(C(F)(F)F)cc1)C3. The van der Waals surface area contributed by atoms with Gasteiger partial charge in [-0.15, -0.1) is 0 Å². The maximum Gasteiger partial charge on any atom is 0.416 e. The van der Waals surface area contributed by atoms with E-state index in [1.807, 2.05) is 18.2 Å². The zero-order valence-corrected chi connectivity index (χ0v) is 14.6. The number of ether oxygens (including phenoxy) is 1. The summed E-state index contributed by atoms with van der Waals surface area (Å²) in [6.07, 6.45) is -3.73. The number of hydrogen-bond donors (Lipinski definition) is 1. The highest BCUT2D eigenvalue weighted by molar-refractivity contribution is 5.95. The standard InChI is InChI=1S/C20H17F3N2O2/c1-27-14-6-7-17-16(10-14)15-8-9-25(11-18(15)24-17)19(26)12-2-4-13(5-3-12)20(21,22)23/h2-7,10,24H,8-9,11H2,1H3. The number of alkyl halides is 3. The molecule has 1 N–H and O–H groups in total. The molecule has 2 aromatic carbocycles. The number of methoxy groups -OCH3 is 1. The Morgan fingerprint density at radius 1 is 1.15 bits per heavy atom. The number of carbonyl (C=O) groups is 1. The van der Waals surface area contributed by atoms with Crippen molar-refractivity contribution < 1.29 is 22.7 Å². The molecule has 1 aliphatic heterocycles. The third-order valence-electron chi connectivity index (χ3n) is 4.93. The number of nitrogens with zero attached hydrogens (tertiary/aromatic N) is 1. The molecule has 0 saturated heterocycles. The van der Waals surface area contributed by atoms with Crippen LogP contribution in [0.3, 0.4) is 0 Å². The summed E-state index contributed by atoms with van der Waals surface area (Å²) >= 11 is 0. The Morgan fingerprint density at radius 3 is 2.56 bits per heavy atom. The van der Waals surface area contributed by atoms with Gasteiger partial charge in [-0.25, -0.2) is 0 Å². The summed E-state index contributed by atoms with van der Waals surface area (Å²) in [6.45, 7) is 0.906. The van der Waals surface area contributed by atoms with E-state index in [-0.39, 0.29) is 11.5 Å². The van der Waals surface area contributed by atoms with Crippen molar-refractivity contribution in [1.82, 2.24) is 9.88 Å². The highest BCUT2D eigenvalue weighted by Crippen LogP contribution is 2.32. The molecule has 1 aliphatic rings. The molecule has 0 radical (unpaired) electrons. The normalized spacial score (nSPS) is 14.3. The van der Waals surface area contributed by atoms with E-state index in [9.17, 15) is 18.0 Å². The van der Waals surface area contributed by atoms with Crippen LogP contribution in [0.15, 0.2) is 42.5 Å². The molecule has 0 bridgehead atoms. The fourth-order valence-electron chi connectivity index (χ4n) is 3.50. The van der Waals surface area contributed by atoms with Crippen LogP contribution in [-0.4, -0.2) is 29.4 Å². The van der Waals surface area contributed by atoms with Crippen molar-refractivity contribution in [3.8, 4) is 5.75 Å². The van der Waals surface area contributed by atoms with E-state index in [1.54, 1.807) is 12.0 Å². The number of rotatable bonds is 2. The summed E-state index contributed by atoms with van der Waals surface area (Å²) < 4.78 is 43.3. The molecule has 0 aliphatic carbocycles. The lowest BCUT2D eigenvalue weighted by Gasteiger charge is -2.27. The molecular formula is C20H17F3N2O2. The molecule has 1 aromatic heterocycles. The summed E-state index contributed by atoms with van der Waals surface area (Å²) in [5.41, 5.74) is 2.57. The van der Waals surface area contributed by atoms with E-state index in [1.165, 1.54) is 12.1 Å². The number of nitrogens with one attached hydrogen (secondary N) is 1. The average Bonchev–Trinajstić information content (AvgIpc) is 3.03. The number of fused-ring (bicyclic) bond motifs is 3. The predicted molar refractivity (Wildman–Crippen MR) is 94.7 cm³/mol. The zero-order chi connectivity index (χ0) is 19.2. The van der Waals surface area contributed by atoms with Crippen LogP contribution in [0.2, 0.25) is 0 Å². The number of H-pyrrole nitrogens is 1. The van der Waals surface area contributed by atoms with E-state index in [4.69, 9.17) is 4.74 Å². The quantitative estimate of drug-likeness (QED) is 0.723. The summed E-state index contributed by atoms with van der Waals surface area (Å²) in [5.74, 6) is 0.498. The molecule has 0 saturated carbocycles. The molecule has 0 atom stereocenters. The monoisotopic (exact) mass is 374 g/mol. The number of benzene rings is 2. The molecule has 4 nitrogen and oxygen atoms in total. The molecule has 3 aromatic rings. The van der Waals surface area contributed by atoms with Gasteiger partial charge in [-0.3, -0.25) is 4.79 Å². The van der Waals surface area contributed by atoms with Gasteiger partial charge < -0.3 is 14.6 Å². The van der Waals surface area contributed by atoms with E-state index in [0.29, 0.717) is 19.5 Å². The van der Waals surface area contributed by atoms with Gasteiger partial charge in [-0.1, -0.05) is 0 Å². The smallest absolute Gasteiger partial charge is 0.416 e. The van der Waals surface area contributed by atoms with Crippen molar-refractivity contribution in [2.45, 2.75) is 19.1 Å². The van der Waals surface area contributed by atoms with Crippen LogP contribution in [0.1, 0.15) is 27.2 Å². The van der Waals surface area contributed by atoms with Gasteiger partial charge in [0.15, 0.2) is 0 Å².